The first-order valence-electron chi connectivity index (χ1n) is 6.11. The van der Waals surface area contributed by atoms with Crippen LogP contribution in [0, 0.1) is 0 Å². The van der Waals surface area contributed by atoms with Crippen molar-refractivity contribution in [2.24, 2.45) is 5.73 Å². The average Bonchev–Trinajstić information content (AvgIpc) is 2.32. The van der Waals surface area contributed by atoms with Gasteiger partial charge in [-0.25, -0.2) is 0 Å². The van der Waals surface area contributed by atoms with Crippen LogP contribution in [-0.2, 0) is 6.42 Å². The normalized spacial score (nSPS) is 12.6. The summed E-state index contributed by atoms with van der Waals surface area (Å²) < 4.78 is 5.65. The zero-order chi connectivity index (χ0) is 12.3. The summed E-state index contributed by atoms with van der Waals surface area (Å²) in [6.07, 6.45) is 0.896. The highest BCUT2D eigenvalue weighted by molar-refractivity contribution is 5.91. The summed E-state index contributed by atoms with van der Waals surface area (Å²) in [7, 11) is 0. The summed E-state index contributed by atoms with van der Waals surface area (Å²) in [4.78, 5) is 0. The van der Waals surface area contributed by atoms with E-state index in [4.69, 9.17) is 10.5 Å². The highest BCUT2D eigenvalue weighted by atomic mass is 16.5. The predicted octanol–water partition coefficient (Wildman–Crippen LogP) is 3.13. The van der Waals surface area contributed by atoms with Crippen LogP contribution in [0.5, 0.6) is 5.75 Å². The molecule has 0 fully saturated rings. The summed E-state index contributed by atoms with van der Waals surface area (Å²) in [6.45, 7) is 4.73. The van der Waals surface area contributed by atoms with Gasteiger partial charge in [-0.05, 0) is 37.3 Å². The van der Waals surface area contributed by atoms with E-state index in [0.717, 1.165) is 12.2 Å². The lowest BCUT2D eigenvalue weighted by Gasteiger charge is -2.12. The molecule has 2 aromatic rings. The molecule has 1 unspecified atom stereocenters. The zero-order valence-electron chi connectivity index (χ0n) is 10.4. The van der Waals surface area contributed by atoms with Gasteiger partial charge in [-0.15, -0.1) is 0 Å². The fourth-order valence-corrected chi connectivity index (χ4v) is 2.14. The Morgan fingerprint density at radius 2 is 1.82 bits per heavy atom. The van der Waals surface area contributed by atoms with Gasteiger partial charge in [0.25, 0.3) is 0 Å². The van der Waals surface area contributed by atoms with Crippen LogP contribution in [0.1, 0.15) is 19.4 Å². The monoisotopic (exact) mass is 229 g/mol. The van der Waals surface area contributed by atoms with Crippen LogP contribution >= 0.6 is 0 Å². The van der Waals surface area contributed by atoms with Crippen molar-refractivity contribution in [1.29, 1.82) is 0 Å². The van der Waals surface area contributed by atoms with Crippen molar-refractivity contribution in [1.82, 2.24) is 0 Å². The molecule has 0 aliphatic heterocycles. The maximum absolute atomic E-state index is 5.88. The van der Waals surface area contributed by atoms with E-state index < -0.39 is 0 Å². The Morgan fingerprint density at radius 1 is 1.12 bits per heavy atom. The van der Waals surface area contributed by atoms with Crippen molar-refractivity contribution in [3.05, 3.63) is 42.0 Å². The van der Waals surface area contributed by atoms with Crippen LogP contribution in [0.3, 0.4) is 0 Å². The molecule has 2 aromatic carbocycles. The van der Waals surface area contributed by atoms with Gasteiger partial charge in [0.05, 0.1) is 6.61 Å². The van der Waals surface area contributed by atoms with E-state index in [1.165, 1.54) is 16.3 Å². The van der Waals surface area contributed by atoms with Gasteiger partial charge in [0.1, 0.15) is 5.75 Å². The second-order valence-corrected chi connectivity index (χ2v) is 4.38. The molecule has 2 nitrogen and oxygen atoms in total. The molecule has 0 aliphatic rings. The van der Waals surface area contributed by atoms with Crippen LogP contribution < -0.4 is 10.5 Å². The van der Waals surface area contributed by atoms with Gasteiger partial charge >= 0.3 is 0 Å². The number of hydrogen-bond donors (Lipinski definition) is 1. The molecule has 0 heterocycles. The standard InChI is InChI=1S/C15H19NO/c1-3-17-15-9-8-12(10-11(2)16)13-6-4-5-7-14(13)15/h4-9,11H,3,10,16H2,1-2H3. The average molecular weight is 229 g/mol. The summed E-state index contributed by atoms with van der Waals surface area (Å²) in [5, 5.41) is 2.42. The van der Waals surface area contributed by atoms with Gasteiger partial charge in [-0.2, -0.15) is 0 Å². The van der Waals surface area contributed by atoms with E-state index in [-0.39, 0.29) is 6.04 Å². The van der Waals surface area contributed by atoms with Crippen molar-refractivity contribution in [3.63, 3.8) is 0 Å². The summed E-state index contributed by atoms with van der Waals surface area (Å²) in [6, 6.07) is 12.7. The Morgan fingerprint density at radius 3 is 2.47 bits per heavy atom. The number of fused-ring (bicyclic) bond motifs is 1. The van der Waals surface area contributed by atoms with Gasteiger partial charge in [0.2, 0.25) is 0 Å². The Labute approximate surface area is 102 Å². The van der Waals surface area contributed by atoms with Gasteiger partial charge in [0.15, 0.2) is 0 Å². The van der Waals surface area contributed by atoms with E-state index in [1.807, 2.05) is 26.0 Å². The summed E-state index contributed by atoms with van der Waals surface area (Å²) in [5.74, 6) is 0.955. The van der Waals surface area contributed by atoms with Crippen LogP contribution in [0.2, 0.25) is 0 Å². The van der Waals surface area contributed by atoms with Crippen molar-refractivity contribution in [3.8, 4) is 5.75 Å². The van der Waals surface area contributed by atoms with E-state index in [0.29, 0.717) is 6.61 Å². The Balaban J connectivity index is 2.54. The topological polar surface area (TPSA) is 35.2 Å². The van der Waals surface area contributed by atoms with Gasteiger partial charge in [-0.3, -0.25) is 0 Å². The molecule has 1 atom stereocenters. The lowest BCUT2D eigenvalue weighted by molar-refractivity contribution is 0.344. The highest BCUT2D eigenvalue weighted by Gasteiger charge is 2.07. The van der Waals surface area contributed by atoms with E-state index in [1.54, 1.807) is 0 Å². The lowest BCUT2D eigenvalue weighted by Crippen LogP contribution is -2.17. The minimum absolute atomic E-state index is 0.177. The molecule has 2 heteroatoms. The smallest absolute Gasteiger partial charge is 0.127 e. The third-order valence-electron chi connectivity index (χ3n) is 2.82. The van der Waals surface area contributed by atoms with E-state index in [9.17, 15) is 0 Å². The van der Waals surface area contributed by atoms with Crippen molar-refractivity contribution >= 4 is 10.8 Å². The Kier molecular flexibility index (Phi) is 3.64. The second kappa shape index (κ2) is 5.19. The lowest BCUT2D eigenvalue weighted by atomic mass is 9.99. The SMILES string of the molecule is CCOc1ccc(CC(C)N)c2ccccc12. The molecular weight excluding hydrogens is 210 g/mol. The number of nitrogens with two attached hydrogens (primary N) is 1. The number of hydrogen-bond acceptors (Lipinski definition) is 2. The molecule has 0 amide bonds. The van der Waals surface area contributed by atoms with Crippen LogP contribution in [0.25, 0.3) is 10.8 Å². The summed E-state index contributed by atoms with van der Waals surface area (Å²) >= 11 is 0. The van der Waals surface area contributed by atoms with Gasteiger partial charge < -0.3 is 10.5 Å². The molecule has 2 rings (SSSR count). The Bertz CT molecular complexity index is 505. The molecule has 0 spiro atoms. The largest absolute Gasteiger partial charge is 0.493 e. The highest BCUT2D eigenvalue weighted by Crippen LogP contribution is 2.29. The molecule has 90 valence electrons. The van der Waals surface area contributed by atoms with E-state index >= 15 is 0 Å². The van der Waals surface area contributed by atoms with Crippen LogP contribution in [0.15, 0.2) is 36.4 Å². The quantitative estimate of drug-likeness (QED) is 0.874. The maximum Gasteiger partial charge on any atom is 0.127 e. The molecule has 0 aliphatic carbocycles. The van der Waals surface area contributed by atoms with Crippen LogP contribution in [-0.4, -0.2) is 12.6 Å². The van der Waals surface area contributed by atoms with Crippen molar-refractivity contribution < 1.29 is 4.74 Å². The molecule has 0 bridgehead atoms. The van der Waals surface area contributed by atoms with Crippen molar-refractivity contribution in [2.75, 3.05) is 6.61 Å². The minimum atomic E-state index is 0.177. The fraction of sp³-hybridized carbons (Fsp3) is 0.333. The molecule has 0 saturated carbocycles. The first-order chi connectivity index (χ1) is 8.22. The molecule has 17 heavy (non-hydrogen) atoms. The van der Waals surface area contributed by atoms with E-state index in [2.05, 4.69) is 24.3 Å². The minimum Gasteiger partial charge on any atom is -0.493 e. The number of benzene rings is 2. The first kappa shape index (κ1) is 11.9. The predicted molar refractivity (Wildman–Crippen MR) is 72.5 cm³/mol. The molecular formula is C15H19NO. The molecule has 0 saturated heterocycles. The first-order valence-corrected chi connectivity index (χ1v) is 6.11. The van der Waals surface area contributed by atoms with Crippen LogP contribution in [0.4, 0.5) is 0 Å². The third kappa shape index (κ3) is 2.59. The van der Waals surface area contributed by atoms with Gasteiger partial charge in [0, 0.05) is 11.4 Å². The third-order valence-corrected chi connectivity index (χ3v) is 2.82. The maximum atomic E-state index is 5.88. The Hall–Kier alpha value is -1.54. The zero-order valence-corrected chi connectivity index (χ0v) is 10.4. The number of rotatable bonds is 4. The van der Waals surface area contributed by atoms with Gasteiger partial charge in [-0.1, -0.05) is 30.3 Å². The summed E-state index contributed by atoms with van der Waals surface area (Å²) in [5.41, 5.74) is 7.17. The molecule has 0 radical (unpaired) electrons. The second-order valence-electron chi connectivity index (χ2n) is 4.38. The van der Waals surface area contributed by atoms with Crippen molar-refractivity contribution in [2.45, 2.75) is 26.3 Å². The molecule has 2 N–H and O–H groups in total. The molecule has 0 aromatic heterocycles. The number of ether oxygens (including phenoxy) is 1. The fourth-order valence-electron chi connectivity index (χ4n) is 2.14.